The van der Waals surface area contributed by atoms with E-state index < -0.39 is 6.10 Å². The van der Waals surface area contributed by atoms with Crippen molar-refractivity contribution in [3.63, 3.8) is 0 Å². The number of benzene rings is 1. The van der Waals surface area contributed by atoms with Crippen molar-refractivity contribution in [3.05, 3.63) is 23.3 Å². The van der Waals surface area contributed by atoms with Gasteiger partial charge in [-0.1, -0.05) is 20.8 Å². The third-order valence-electron chi connectivity index (χ3n) is 6.51. The number of aliphatic hydroxyl groups is 1. The normalized spacial score (nSPS) is 29.8. The molecule has 6 nitrogen and oxygen atoms in total. The van der Waals surface area contributed by atoms with Crippen molar-refractivity contribution in [2.24, 2.45) is 11.3 Å². The molecule has 0 aromatic heterocycles. The zero-order valence-electron chi connectivity index (χ0n) is 18.0. The van der Waals surface area contributed by atoms with Crippen molar-refractivity contribution in [1.82, 2.24) is 10.2 Å². The third-order valence-corrected chi connectivity index (χ3v) is 6.51. The summed E-state index contributed by atoms with van der Waals surface area (Å²) in [6.45, 7) is 9.31. The molecule has 0 saturated carbocycles. The van der Waals surface area contributed by atoms with Gasteiger partial charge in [-0.25, -0.2) is 0 Å². The minimum atomic E-state index is -0.448. The van der Waals surface area contributed by atoms with Crippen molar-refractivity contribution in [2.75, 3.05) is 26.7 Å². The van der Waals surface area contributed by atoms with Crippen molar-refractivity contribution >= 4 is 5.91 Å². The van der Waals surface area contributed by atoms with E-state index in [0.29, 0.717) is 30.4 Å². The largest absolute Gasteiger partial charge is 0.493 e. The van der Waals surface area contributed by atoms with E-state index in [1.165, 1.54) is 11.1 Å². The molecule has 29 heavy (non-hydrogen) atoms. The lowest BCUT2D eigenvalue weighted by Gasteiger charge is -2.47. The Bertz CT molecular complexity index is 773. The van der Waals surface area contributed by atoms with Gasteiger partial charge in [0.2, 0.25) is 0 Å². The van der Waals surface area contributed by atoms with Gasteiger partial charge < -0.3 is 19.9 Å². The average molecular weight is 403 g/mol. The molecule has 0 spiro atoms. The van der Waals surface area contributed by atoms with E-state index in [9.17, 15) is 9.90 Å². The van der Waals surface area contributed by atoms with Gasteiger partial charge in [-0.2, -0.15) is 0 Å². The van der Waals surface area contributed by atoms with Gasteiger partial charge in [0, 0.05) is 32.1 Å². The van der Waals surface area contributed by atoms with Crippen LogP contribution in [0.2, 0.25) is 0 Å². The summed E-state index contributed by atoms with van der Waals surface area (Å²) in [7, 11) is 1.64. The lowest BCUT2D eigenvalue weighted by molar-refractivity contribution is -0.124. The molecule has 2 saturated heterocycles. The molecule has 1 aromatic rings. The van der Waals surface area contributed by atoms with Crippen molar-refractivity contribution in [2.45, 2.75) is 64.7 Å². The van der Waals surface area contributed by atoms with Crippen molar-refractivity contribution in [3.8, 4) is 11.5 Å². The molecule has 1 aromatic carbocycles. The SMILES string of the molecule is COc1cc2c(cc1O[C@@H]1CCNC1=O)CCN1C[C@@H](CC(C)(C)C)[C@H](O)C[C@H]21. The van der Waals surface area contributed by atoms with Crippen LogP contribution in [0.1, 0.15) is 57.2 Å². The van der Waals surface area contributed by atoms with E-state index in [1.807, 2.05) is 6.07 Å². The number of rotatable bonds is 4. The number of nitrogens with one attached hydrogen (secondary N) is 1. The summed E-state index contributed by atoms with van der Waals surface area (Å²) in [5.41, 5.74) is 2.68. The third kappa shape index (κ3) is 4.24. The maximum absolute atomic E-state index is 11.9. The van der Waals surface area contributed by atoms with Crippen molar-refractivity contribution < 1.29 is 19.4 Å². The van der Waals surface area contributed by atoms with Gasteiger partial charge in [-0.3, -0.25) is 9.69 Å². The molecule has 0 radical (unpaired) electrons. The van der Waals surface area contributed by atoms with E-state index in [4.69, 9.17) is 9.47 Å². The first kappa shape index (κ1) is 20.5. The van der Waals surface area contributed by atoms with Crippen LogP contribution >= 0.6 is 0 Å². The highest BCUT2D eigenvalue weighted by Crippen LogP contribution is 2.44. The van der Waals surface area contributed by atoms with Crippen LogP contribution in [0.5, 0.6) is 11.5 Å². The number of hydrogen-bond acceptors (Lipinski definition) is 5. The topological polar surface area (TPSA) is 71.0 Å². The van der Waals surface area contributed by atoms with Crippen LogP contribution in [0.4, 0.5) is 0 Å². The first-order chi connectivity index (χ1) is 13.7. The number of amides is 1. The molecule has 0 aliphatic carbocycles. The number of carbonyl (C=O) groups is 1. The fourth-order valence-corrected chi connectivity index (χ4v) is 5.18. The van der Waals surface area contributed by atoms with E-state index in [-0.39, 0.29) is 23.5 Å². The molecule has 6 heteroatoms. The fourth-order valence-electron chi connectivity index (χ4n) is 5.18. The van der Waals surface area contributed by atoms with E-state index >= 15 is 0 Å². The smallest absolute Gasteiger partial charge is 0.261 e. The quantitative estimate of drug-likeness (QED) is 0.810. The van der Waals surface area contributed by atoms with Crippen LogP contribution in [0, 0.1) is 11.3 Å². The Morgan fingerprint density at radius 1 is 1.28 bits per heavy atom. The summed E-state index contributed by atoms with van der Waals surface area (Å²) in [6.07, 6.45) is 2.67. The number of fused-ring (bicyclic) bond motifs is 3. The maximum atomic E-state index is 11.9. The van der Waals surface area contributed by atoms with E-state index in [1.54, 1.807) is 7.11 Å². The van der Waals surface area contributed by atoms with Gasteiger partial charge in [-0.05, 0) is 53.9 Å². The second-order valence-electron chi connectivity index (χ2n) is 9.98. The molecule has 3 aliphatic heterocycles. The minimum absolute atomic E-state index is 0.0590. The Balaban J connectivity index is 1.56. The summed E-state index contributed by atoms with van der Waals surface area (Å²) in [6, 6.07) is 4.32. The zero-order chi connectivity index (χ0) is 20.8. The van der Waals surface area contributed by atoms with Gasteiger partial charge in [0.15, 0.2) is 17.6 Å². The van der Waals surface area contributed by atoms with Crippen LogP contribution in [-0.2, 0) is 11.2 Å². The first-order valence-corrected chi connectivity index (χ1v) is 10.8. The van der Waals surface area contributed by atoms with Crippen molar-refractivity contribution in [1.29, 1.82) is 0 Å². The summed E-state index contributed by atoms with van der Waals surface area (Å²) in [5, 5.41) is 13.7. The second-order valence-corrected chi connectivity index (χ2v) is 9.98. The van der Waals surface area contributed by atoms with Crippen LogP contribution < -0.4 is 14.8 Å². The Morgan fingerprint density at radius 3 is 2.72 bits per heavy atom. The van der Waals surface area contributed by atoms with Crippen LogP contribution in [0.25, 0.3) is 0 Å². The van der Waals surface area contributed by atoms with Crippen LogP contribution in [0.15, 0.2) is 12.1 Å². The van der Waals surface area contributed by atoms with Gasteiger partial charge in [0.25, 0.3) is 5.91 Å². The number of nitrogens with zero attached hydrogens (tertiary/aromatic N) is 1. The lowest BCUT2D eigenvalue weighted by atomic mass is 9.75. The molecule has 0 bridgehead atoms. The molecule has 1 amide bonds. The first-order valence-electron chi connectivity index (χ1n) is 10.8. The number of hydrogen-bond donors (Lipinski definition) is 2. The molecule has 0 unspecified atom stereocenters. The standard InChI is InChI=1S/C23H34N2O4/c1-23(2,3)12-15-13-25-8-6-14-9-21(29-19-5-7-24-22(19)27)20(28-4)10-16(14)17(25)11-18(15)26/h9-10,15,17-19,26H,5-8,11-13H2,1-4H3,(H,24,27)/t15-,17-,18-,19-/m1/s1. The lowest BCUT2D eigenvalue weighted by Crippen LogP contribution is -2.48. The molecular formula is C23H34N2O4. The highest BCUT2D eigenvalue weighted by atomic mass is 16.5. The Kier molecular flexibility index (Phi) is 5.51. The van der Waals surface area contributed by atoms with Gasteiger partial charge >= 0.3 is 0 Å². The Labute approximate surface area is 173 Å². The molecule has 2 N–H and O–H groups in total. The summed E-state index contributed by atoms with van der Waals surface area (Å²) < 4.78 is 11.6. The average Bonchev–Trinajstić information content (AvgIpc) is 3.05. The highest BCUT2D eigenvalue weighted by molar-refractivity contribution is 5.83. The number of piperidine rings is 1. The molecule has 3 heterocycles. The number of aliphatic hydroxyl groups excluding tert-OH is 1. The molecule has 4 rings (SSSR count). The van der Waals surface area contributed by atoms with E-state index in [2.05, 4.69) is 37.1 Å². The number of methoxy groups -OCH3 is 1. The monoisotopic (exact) mass is 402 g/mol. The maximum Gasteiger partial charge on any atom is 0.261 e. The predicted octanol–water partition coefficient (Wildman–Crippen LogP) is 2.68. The zero-order valence-corrected chi connectivity index (χ0v) is 18.0. The van der Waals surface area contributed by atoms with E-state index in [0.717, 1.165) is 32.4 Å². The minimum Gasteiger partial charge on any atom is -0.493 e. The van der Waals surface area contributed by atoms with Gasteiger partial charge in [0.05, 0.1) is 13.2 Å². The number of ether oxygens (including phenoxy) is 2. The van der Waals surface area contributed by atoms with Gasteiger partial charge in [0.1, 0.15) is 0 Å². The predicted molar refractivity (Wildman–Crippen MR) is 111 cm³/mol. The summed E-state index contributed by atoms with van der Waals surface area (Å²) >= 11 is 0. The van der Waals surface area contributed by atoms with Crippen LogP contribution in [0.3, 0.4) is 0 Å². The van der Waals surface area contributed by atoms with Gasteiger partial charge in [-0.15, -0.1) is 0 Å². The molecule has 3 aliphatic rings. The second kappa shape index (κ2) is 7.80. The molecule has 4 atom stereocenters. The molecule has 160 valence electrons. The van der Waals surface area contributed by atoms with Crippen LogP contribution in [-0.4, -0.2) is 54.9 Å². The molecular weight excluding hydrogens is 368 g/mol. The summed E-state index contributed by atoms with van der Waals surface area (Å²) in [5.74, 6) is 1.56. The fraction of sp³-hybridized carbons (Fsp3) is 0.696. The number of carbonyl (C=O) groups excluding carboxylic acids is 1. The summed E-state index contributed by atoms with van der Waals surface area (Å²) in [4.78, 5) is 14.4. The Hall–Kier alpha value is -1.79. The Morgan fingerprint density at radius 2 is 2.07 bits per heavy atom. The molecule has 2 fully saturated rings. The highest BCUT2D eigenvalue weighted by Gasteiger charge is 2.40.